The molecule has 1 aromatic heterocycles. The fourth-order valence-electron chi connectivity index (χ4n) is 3.79. The van der Waals surface area contributed by atoms with E-state index in [1.807, 2.05) is 38.0 Å². The first kappa shape index (κ1) is 20.8. The van der Waals surface area contributed by atoms with Crippen molar-refractivity contribution in [1.82, 2.24) is 29.7 Å². The fourth-order valence-corrected chi connectivity index (χ4v) is 3.79. The molecule has 0 N–H and O–H groups in total. The van der Waals surface area contributed by atoms with E-state index >= 15 is 0 Å². The number of rotatable bonds is 7. The van der Waals surface area contributed by atoms with Crippen LogP contribution in [-0.2, 0) is 6.54 Å². The highest BCUT2D eigenvalue weighted by molar-refractivity contribution is 6.29. The third-order valence-corrected chi connectivity index (χ3v) is 5.38. The first-order valence-electron chi connectivity index (χ1n) is 9.83. The number of aromatic nitrogens is 3. The van der Waals surface area contributed by atoms with E-state index in [1.54, 1.807) is 10.7 Å². The molecule has 0 radical (unpaired) electrons. The fraction of sp³-hybridized carbons (Fsp3) is 0.400. The Bertz CT molecular complexity index is 1230. The summed E-state index contributed by atoms with van der Waals surface area (Å²) in [5.41, 5.74) is 1.29. The lowest BCUT2D eigenvalue weighted by Gasteiger charge is -2.28. The summed E-state index contributed by atoms with van der Waals surface area (Å²) < 4.78 is 1.66. The van der Waals surface area contributed by atoms with E-state index in [0.717, 1.165) is 4.90 Å². The number of hydrogen-bond acceptors (Lipinski definition) is 8. The maximum absolute atomic E-state index is 13.2. The van der Waals surface area contributed by atoms with E-state index in [2.05, 4.69) is 10.3 Å². The number of nitro groups is 1. The van der Waals surface area contributed by atoms with Gasteiger partial charge in [-0.05, 0) is 34.3 Å². The number of nitro benzene ring substituents is 1. The molecule has 2 amide bonds. The Labute approximate surface area is 177 Å². The maximum atomic E-state index is 13.2. The lowest BCUT2D eigenvalue weighted by molar-refractivity contribution is -0.384. The molecular weight excluding hydrogens is 402 g/mol. The summed E-state index contributed by atoms with van der Waals surface area (Å²) in [6.07, 6.45) is 0. The predicted molar refractivity (Wildman–Crippen MR) is 114 cm³/mol. The van der Waals surface area contributed by atoms with Crippen LogP contribution < -0.4 is 0 Å². The normalized spacial score (nSPS) is 13.9. The van der Waals surface area contributed by atoms with Crippen LogP contribution in [0.25, 0.3) is 21.8 Å². The first-order chi connectivity index (χ1) is 14.7. The predicted octanol–water partition coefficient (Wildman–Crippen LogP) is 1.21. The lowest BCUT2D eigenvalue weighted by atomic mass is 9.92. The van der Waals surface area contributed by atoms with E-state index in [0.29, 0.717) is 47.0 Å². The van der Waals surface area contributed by atoms with Gasteiger partial charge in [-0.25, -0.2) is 4.68 Å². The molecule has 2 aromatic carbocycles. The van der Waals surface area contributed by atoms with Crippen molar-refractivity contribution in [3.8, 4) is 0 Å². The van der Waals surface area contributed by atoms with Gasteiger partial charge >= 0.3 is 0 Å². The van der Waals surface area contributed by atoms with Gasteiger partial charge in [-0.3, -0.25) is 24.6 Å². The number of carbonyl (C=O) groups is 2. The number of fused-ring (bicyclic) bond motifs is 2. The highest BCUT2D eigenvalue weighted by Gasteiger charge is 2.35. The second-order valence-electron chi connectivity index (χ2n) is 8.15. The van der Waals surface area contributed by atoms with Crippen molar-refractivity contribution in [1.29, 1.82) is 0 Å². The van der Waals surface area contributed by atoms with Gasteiger partial charge < -0.3 is 9.80 Å². The molecule has 0 bridgehead atoms. The Balaban J connectivity index is 1.99. The Kier molecular flexibility index (Phi) is 5.15. The summed E-state index contributed by atoms with van der Waals surface area (Å²) in [6.45, 7) is 1.85. The summed E-state index contributed by atoms with van der Waals surface area (Å²) >= 11 is 0. The molecule has 4 rings (SSSR count). The molecule has 1 aliphatic rings. The zero-order valence-electron chi connectivity index (χ0n) is 17.8. The molecule has 1 aliphatic heterocycles. The molecule has 31 heavy (non-hydrogen) atoms. The van der Waals surface area contributed by atoms with Crippen LogP contribution in [0.5, 0.6) is 0 Å². The average Bonchev–Trinajstić information content (AvgIpc) is 3.12. The minimum Gasteiger partial charge on any atom is -0.308 e. The van der Waals surface area contributed by atoms with Gasteiger partial charge in [0.25, 0.3) is 17.5 Å². The molecule has 11 nitrogen and oxygen atoms in total. The van der Waals surface area contributed by atoms with Gasteiger partial charge in [0, 0.05) is 42.5 Å². The number of nitrogens with zero attached hydrogens (tertiary/aromatic N) is 7. The number of non-ortho nitro benzene ring substituents is 1. The number of amides is 2. The zero-order valence-corrected chi connectivity index (χ0v) is 17.8. The number of hydrogen-bond donors (Lipinski definition) is 0. The van der Waals surface area contributed by atoms with Crippen molar-refractivity contribution in [2.45, 2.75) is 6.54 Å². The van der Waals surface area contributed by atoms with Gasteiger partial charge in [0.05, 0.1) is 28.1 Å². The largest absolute Gasteiger partial charge is 0.308 e. The number of carbonyl (C=O) groups excluding carboxylic acids is 2. The Morgan fingerprint density at radius 3 is 2.19 bits per heavy atom. The van der Waals surface area contributed by atoms with Gasteiger partial charge in [0.1, 0.15) is 5.52 Å². The molecule has 0 saturated carbocycles. The standard InChI is InChI=1S/C20H23N7O4/c1-23(2)5-7-25-19(28)14-10-12(27(30)31)9-13-17(14)15(20(25)29)11-16-18(13)26(22-21-16)8-6-24(3)4/h9-11H,5-8H2,1-4H3. The maximum Gasteiger partial charge on any atom is 0.270 e. The van der Waals surface area contributed by atoms with Gasteiger partial charge in [0.2, 0.25) is 0 Å². The number of likely N-dealkylation sites (N-methyl/N-ethyl adjacent to an activating group) is 2. The lowest BCUT2D eigenvalue weighted by Crippen LogP contribution is -2.43. The highest BCUT2D eigenvalue weighted by Crippen LogP contribution is 2.37. The van der Waals surface area contributed by atoms with Crippen molar-refractivity contribution in [2.24, 2.45) is 0 Å². The molecule has 0 spiro atoms. The third kappa shape index (κ3) is 3.51. The summed E-state index contributed by atoms with van der Waals surface area (Å²) in [6, 6.07) is 4.28. The van der Waals surface area contributed by atoms with Crippen LogP contribution in [0.3, 0.4) is 0 Å². The molecule has 0 aliphatic carbocycles. The minimum absolute atomic E-state index is 0.153. The second kappa shape index (κ2) is 7.67. The quantitative estimate of drug-likeness (QED) is 0.315. The third-order valence-electron chi connectivity index (χ3n) is 5.38. The van der Waals surface area contributed by atoms with Crippen molar-refractivity contribution in [3.05, 3.63) is 39.4 Å². The van der Waals surface area contributed by atoms with Crippen LogP contribution in [0.4, 0.5) is 5.69 Å². The number of imide groups is 1. The first-order valence-corrected chi connectivity index (χ1v) is 9.83. The Morgan fingerprint density at radius 2 is 1.58 bits per heavy atom. The van der Waals surface area contributed by atoms with Crippen molar-refractivity contribution in [3.63, 3.8) is 0 Å². The van der Waals surface area contributed by atoms with Crippen LogP contribution in [0.2, 0.25) is 0 Å². The van der Waals surface area contributed by atoms with Crippen molar-refractivity contribution < 1.29 is 14.5 Å². The molecule has 0 fully saturated rings. The van der Waals surface area contributed by atoms with Crippen LogP contribution in [0.15, 0.2) is 18.2 Å². The molecule has 162 valence electrons. The SMILES string of the molecule is CN(C)CCN1C(=O)c2cc([N+](=O)[O-])cc3c2c(cc2nnn(CCN(C)C)c23)C1=O. The van der Waals surface area contributed by atoms with Crippen LogP contribution in [0, 0.1) is 10.1 Å². The van der Waals surface area contributed by atoms with Gasteiger partial charge in [-0.2, -0.15) is 0 Å². The van der Waals surface area contributed by atoms with Crippen LogP contribution >= 0.6 is 0 Å². The minimum atomic E-state index is -0.531. The molecule has 0 unspecified atom stereocenters. The summed E-state index contributed by atoms with van der Waals surface area (Å²) in [5.74, 6) is -0.956. The zero-order chi connectivity index (χ0) is 22.4. The van der Waals surface area contributed by atoms with Gasteiger partial charge in [0.15, 0.2) is 0 Å². The van der Waals surface area contributed by atoms with E-state index in [9.17, 15) is 19.7 Å². The molecule has 11 heteroatoms. The van der Waals surface area contributed by atoms with E-state index < -0.39 is 16.7 Å². The van der Waals surface area contributed by atoms with E-state index in [-0.39, 0.29) is 17.8 Å². The number of benzene rings is 2. The van der Waals surface area contributed by atoms with Gasteiger partial charge in [-0.1, -0.05) is 5.21 Å². The Hall–Kier alpha value is -3.44. The van der Waals surface area contributed by atoms with Crippen molar-refractivity contribution >= 4 is 39.3 Å². The molecule has 2 heterocycles. The van der Waals surface area contributed by atoms with E-state index in [4.69, 9.17) is 0 Å². The Morgan fingerprint density at radius 1 is 0.968 bits per heavy atom. The summed E-state index contributed by atoms with van der Waals surface area (Å²) in [5, 5.41) is 20.9. The van der Waals surface area contributed by atoms with Crippen LogP contribution in [0.1, 0.15) is 20.7 Å². The summed E-state index contributed by atoms with van der Waals surface area (Å²) in [4.78, 5) is 42.5. The molecular formula is C20H23N7O4. The topological polar surface area (TPSA) is 118 Å². The van der Waals surface area contributed by atoms with Crippen molar-refractivity contribution in [2.75, 3.05) is 47.8 Å². The smallest absolute Gasteiger partial charge is 0.270 e. The molecule has 0 atom stereocenters. The summed E-state index contributed by atoms with van der Waals surface area (Å²) in [7, 11) is 7.54. The second-order valence-corrected chi connectivity index (χ2v) is 8.15. The molecule has 3 aromatic rings. The average molecular weight is 425 g/mol. The van der Waals surface area contributed by atoms with Crippen LogP contribution in [-0.4, -0.2) is 94.3 Å². The molecule has 0 saturated heterocycles. The van der Waals surface area contributed by atoms with E-state index in [1.165, 1.54) is 12.1 Å². The highest BCUT2D eigenvalue weighted by atomic mass is 16.6. The van der Waals surface area contributed by atoms with Gasteiger partial charge in [-0.15, -0.1) is 5.10 Å². The monoisotopic (exact) mass is 425 g/mol.